The van der Waals surface area contributed by atoms with Gasteiger partial charge in [-0.05, 0) is 12.1 Å². The second-order valence-corrected chi connectivity index (χ2v) is 2.86. The SMILES string of the molecule is O=C(O)c1ccc(C(=O)O)s1.[Cu]. The van der Waals surface area contributed by atoms with Crippen LogP contribution < -0.4 is 0 Å². The van der Waals surface area contributed by atoms with Crippen molar-refractivity contribution in [1.29, 1.82) is 0 Å². The van der Waals surface area contributed by atoms with E-state index in [0.29, 0.717) is 0 Å². The van der Waals surface area contributed by atoms with E-state index < -0.39 is 11.9 Å². The van der Waals surface area contributed by atoms with Crippen molar-refractivity contribution in [2.45, 2.75) is 0 Å². The van der Waals surface area contributed by atoms with Crippen LogP contribution >= 0.6 is 11.3 Å². The van der Waals surface area contributed by atoms with Crippen molar-refractivity contribution in [2.75, 3.05) is 0 Å². The molecule has 1 heterocycles. The summed E-state index contributed by atoms with van der Waals surface area (Å²) in [6.07, 6.45) is 0. The molecule has 1 aromatic heterocycles. The third-order valence-corrected chi connectivity index (χ3v) is 2.09. The zero-order valence-corrected chi connectivity index (χ0v) is 7.33. The van der Waals surface area contributed by atoms with E-state index in [9.17, 15) is 9.59 Å². The van der Waals surface area contributed by atoms with Gasteiger partial charge in [0.15, 0.2) is 0 Å². The first-order valence-electron chi connectivity index (χ1n) is 2.67. The molecule has 0 spiro atoms. The summed E-state index contributed by atoms with van der Waals surface area (Å²) in [5.41, 5.74) is 0. The number of hydrogen-bond donors (Lipinski definition) is 2. The Morgan fingerprint density at radius 3 is 1.58 bits per heavy atom. The minimum absolute atomic E-state index is 0. The standard InChI is InChI=1S/C6H4O4S.Cu/c7-5(8)3-1-2-4(11-3)6(9)10;/h1-2H,(H,7,8)(H,9,10);. The minimum Gasteiger partial charge on any atom is -0.477 e. The number of hydrogen-bond acceptors (Lipinski definition) is 3. The third-order valence-electron chi connectivity index (χ3n) is 1.03. The van der Waals surface area contributed by atoms with Gasteiger partial charge in [-0.15, -0.1) is 11.3 Å². The molecule has 6 heteroatoms. The van der Waals surface area contributed by atoms with Gasteiger partial charge in [-0.1, -0.05) is 0 Å². The Balaban J connectivity index is 0.00000121. The van der Waals surface area contributed by atoms with E-state index in [0.717, 1.165) is 11.3 Å². The molecular formula is C6H4CuO4S. The number of carboxylic acids is 2. The van der Waals surface area contributed by atoms with Gasteiger partial charge in [0.05, 0.1) is 0 Å². The summed E-state index contributed by atoms with van der Waals surface area (Å²) < 4.78 is 0. The van der Waals surface area contributed by atoms with Gasteiger partial charge in [0.25, 0.3) is 0 Å². The fourth-order valence-electron chi connectivity index (χ4n) is 0.568. The van der Waals surface area contributed by atoms with E-state index >= 15 is 0 Å². The van der Waals surface area contributed by atoms with Crippen molar-refractivity contribution in [3.8, 4) is 0 Å². The molecule has 0 unspecified atom stereocenters. The van der Waals surface area contributed by atoms with Crippen LogP contribution in [0.5, 0.6) is 0 Å². The summed E-state index contributed by atoms with van der Waals surface area (Å²) in [7, 11) is 0. The van der Waals surface area contributed by atoms with Crippen LogP contribution in [0.3, 0.4) is 0 Å². The average Bonchev–Trinajstić information content (AvgIpc) is 2.33. The van der Waals surface area contributed by atoms with Gasteiger partial charge >= 0.3 is 11.9 Å². The molecule has 0 saturated heterocycles. The van der Waals surface area contributed by atoms with Gasteiger partial charge in [-0.3, -0.25) is 0 Å². The number of aromatic carboxylic acids is 2. The van der Waals surface area contributed by atoms with Crippen molar-refractivity contribution >= 4 is 23.3 Å². The van der Waals surface area contributed by atoms with Gasteiger partial charge < -0.3 is 10.2 Å². The fourth-order valence-corrected chi connectivity index (χ4v) is 1.25. The maximum Gasteiger partial charge on any atom is 0.345 e. The second kappa shape index (κ2) is 4.25. The van der Waals surface area contributed by atoms with Crippen molar-refractivity contribution in [2.24, 2.45) is 0 Å². The fraction of sp³-hybridized carbons (Fsp3) is 0. The first kappa shape index (κ1) is 11.2. The Labute approximate surface area is 82.3 Å². The molecule has 1 rings (SSSR count). The first-order valence-corrected chi connectivity index (χ1v) is 3.49. The van der Waals surface area contributed by atoms with Crippen LogP contribution in [0.1, 0.15) is 19.3 Å². The summed E-state index contributed by atoms with van der Waals surface area (Å²) in [6.45, 7) is 0. The number of thiophene rings is 1. The van der Waals surface area contributed by atoms with Crippen LogP contribution in [0.2, 0.25) is 0 Å². The van der Waals surface area contributed by atoms with E-state index in [4.69, 9.17) is 10.2 Å². The summed E-state index contributed by atoms with van der Waals surface area (Å²) in [5, 5.41) is 16.8. The predicted octanol–water partition coefficient (Wildman–Crippen LogP) is 1.14. The Kier molecular flexibility index (Phi) is 3.95. The number of rotatable bonds is 2. The minimum atomic E-state index is -1.09. The molecule has 2 N–H and O–H groups in total. The summed E-state index contributed by atoms with van der Waals surface area (Å²) in [4.78, 5) is 20.6. The molecule has 12 heavy (non-hydrogen) atoms. The third kappa shape index (κ3) is 2.34. The summed E-state index contributed by atoms with van der Waals surface area (Å²) in [5.74, 6) is -2.19. The van der Waals surface area contributed by atoms with Crippen LogP contribution in [0.25, 0.3) is 0 Å². The van der Waals surface area contributed by atoms with Crippen LogP contribution in [0, 0.1) is 0 Å². The van der Waals surface area contributed by atoms with Crippen molar-refractivity contribution in [3.63, 3.8) is 0 Å². The molecule has 0 saturated carbocycles. The van der Waals surface area contributed by atoms with E-state index in [1.807, 2.05) is 0 Å². The Morgan fingerprint density at radius 1 is 1.08 bits per heavy atom. The largest absolute Gasteiger partial charge is 0.477 e. The van der Waals surface area contributed by atoms with Crippen LogP contribution in [-0.4, -0.2) is 22.2 Å². The zero-order valence-electron chi connectivity index (χ0n) is 5.58. The molecule has 1 radical (unpaired) electrons. The van der Waals surface area contributed by atoms with Crippen LogP contribution in [-0.2, 0) is 17.1 Å². The molecule has 0 aliphatic heterocycles. The predicted molar refractivity (Wildman–Crippen MR) is 38.2 cm³/mol. The van der Waals surface area contributed by atoms with E-state index in [2.05, 4.69) is 0 Å². The Hall–Kier alpha value is -0.841. The number of carboxylic acid groups (broad SMARTS) is 2. The monoisotopic (exact) mass is 235 g/mol. The molecular weight excluding hydrogens is 232 g/mol. The molecule has 0 atom stereocenters. The molecule has 69 valence electrons. The average molecular weight is 236 g/mol. The maximum atomic E-state index is 10.3. The number of carbonyl (C=O) groups is 2. The molecule has 0 aromatic carbocycles. The van der Waals surface area contributed by atoms with Gasteiger partial charge in [0.1, 0.15) is 9.75 Å². The normalized spacial score (nSPS) is 8.67. The Bertz CT molecular complexity index is 278. The van der Waals surface area contributed by atoms with Gasteiger partial charge in [0.2, 0.25) is 0 Å². The van der Waals surface area contributed by atoms with E-state index in [1.165, 1.54) is 12.1 Å². The summed E-state index contributed by atoms with van der Waals surface area (Å²) in [6, 6.07) is 2.55. The summed E-state index contributed by atoms with van der Waals surface area (Å²) >= 11 is 0.750. The molecule has 0 aliphatic carbocycles. The van der Waals surface area contributed by atoms with Gasteiger partial charge in [-0.2, -0.15) is 0 Å². The molecule has 0 aliphatic rings. The van der Waals surface area contributed by atoms with Gasteiger partial charge in [0, 0.05) is 17.1 Å². The molecule has 1 aromatic rings. The molecule has 0 bridgehead atoms. The quantitative estimate of drug-likeness (QED) is 0.754. The Morgan fingerprint density at radius 2 is 1.42 bits per heavy atom. The zero-order chi connectivity index (χ0) is 8.43. The van der Waals surface area contributed by atoms with Gasteiger partial charge in [-0.25, -0.2) is 9.59 Å². The van der Waals surface area contributed by atoms with E-state index in [1.54, 1.807) is 0 Å². The smallest absolute Gasteiger partial charge is 0.345 e. The molecule has 0 amide bonds. The maximum absolute atomic E-state index is 10.3. The van der Waals surface area contributed by atoms with Crippen LogP contribution in [0.15, 0.2) is 12.1 Å². The van der Waals surface area contributed by atoms with E-state index in [-0.39, 0.29) is 26.8 Å². The molecule has 4 nitrogen and oxygen atoms in total. The van der Waals surface area contributed by atoms with Crippen molar-refractivity contribution in [1.82, 2.24) is 0 Å². The van der Waals surface area contributed by atoms with Crippen LogP contribution in [0.4, 0.5) is 0 Å². The second-order valence-electron chi connectivity index (χ2n) is 1.77. The molecule has 0 fully saturated rings. The van der Waals surface area contributed by atoms with Crippen molar-refractivity contribution < 1.29 is 36.9 Å². The van der Waals surface area contributed by atoms with Crippen molar-refractivity contribution in [3.05, 3.63) is 21.9 Å². The topological polar surface area (TPSA) is 74.6 Å². The first-order chi connectivity index (χ1) is 5.11.